The highest BCUT2D eigenvalue weighted by Crippen LogP contribution is 2.27. The summed E-state index contributed by atoms with van der Waals surface area (Å²) in [5.74, 6) is 2.26. The third kappa shape index (κ3) is 3.35. The summed E-state index contributed by atoms with van der Waals surface area (Å²) in [5, 5.41) is 3.42. The maximum absolute atomic E-state index is 5.92. The van der Waals surface area contributed by atoms with Crippen molar-refractivity contribution < 1.29 is 0 Å². The van der Waals surface area contributed by atoms with E-state index in [4.69, 9.17) is 5.73 Å². The van der Waals surface area contributed by atoms with E-state index in [1.54, 1.807) is 0 Å². The van der Waals surface area contributed by atoms with Gasteiger partial charge >= 0.3 is 0 Å². The summed E-state index contributed by atoms with van der Waals surface area (Å²) in [7, 11) is 2.20. The molecule has 0 aliphatic heterocycles. The predicted molar refractivity (Wildman–Crippen MR) is 79.3 cm³/mol. The van der Waals surface area contributed by atoms with Gasteiger partial charge in [-0.1, -0.05) is 6.92 Å². The minimum absolute atomic E-state index is 0.494. The highest BCUT2D eigenvalue weighted by atomic mass is 15.2. The van der Waals surface area contributed by atoms with E-state index in [0.29, 0.717) is 11.9 Å². The topological polar surface area (TPSA) is 67.1 Å². The molecule has 1 atom stereocenters. The van der Waals surface area contributed by atoms with Crippen LogP contribution < -0.4 is 11.1 Å². The summed E-state index contributed by atoms with van der Waals surface area (Å²) in [5.41, 5.74) is 6.86. The third-order valence-electron chi connectivity index (χ3n) is 3.93. The zero-order valence-electron chi connectivity index (χ0n) is 12.4. The first-order chi connectivity index (χ1) is 9.02. The maximum atomic E-state index is 5.92. The van der Waals surface area contributed by atoms with Crippen LogP contribution in [-0.4, -0.2) is 40.5 Å². The number of aromatic nitrogens is 2. The van der Waals surface area contributed by atoms with Gasteiger partial charge in [0.1, 0.15) is 17.5 Å². The van der Waals surface area contributed by atoms with E-state index in [-0.39, 0.29) is 0 Å². The highest BCUT2D eigenvalue weighted by molar-refractivity contribution is 5.54. The lowest BCUT2D eigenvalue weighted by atomic mass is 10.2. The van der Waals surface area contributed by atoms with Crippen molar-refractivity contribution in [3.63, 3.8) is 0 Å². The number of nitrogens with one attached hydrogen (secondary N) is 1. The van der Waals surface area contributed by atoms with Crippen molar-refractivity contribution in [2.45, 2.75) is 52.1 Å². The van der Waals surface area contributed by atoms with Crippen LogP contribution in [0.1, 0.15) is 38.1 Å². The molecule has 1 saturated carbocycles. The van der Waals surface area contributed by atoms with E-state index in [9.17, 15) is 0 Å². The molecule has 3 N–H and O–H groups in total. The van der Waals surface area contributed by atoms with Gasteiger partial charge in [-0.3, -0.25) is 4.90 Å². The lowest BCUT2D eigenvalue weighted by Crippen LogP contribution is -2.36. The van der Waals surface area contributed by atoms with Crippen LogP contribution in [0.3, 0.4) is 0 Å². The monoisotopic (exact) mass is 263 g/mol. The van der Waals surface area contributed by atoms with Crippen molar-refractivity contribution in [2.75, 3.05) is 24.6 Å². The Morgan fingerprint density at radius 3 is 2.68 bits per heavy atom. The molecule has 2 rings (SSSR count). The summed E-state index contributed by atoms with van der Waals surface area (Å²) in [4.78, 5) is 11.2. The molecule has 1 fully saturated rings. The lowest BCUT2D eigenvalue weighted by molar-refractivity contribution is 0.257. The van der Waals surface area contributed by atoms with E-state index >= 15 is 0 Å². The van der Waals surface area contributed by atoms with Crippen molar-refractivity contribution in [1.82, 2.24) is 14.9 Å². The summed E-state index contributed by atoms with van der Waals surface area (Å²) < 4.78 is 0. The van der Waals surface area contributed by atoms with Gasteiger partial charge in [0, 0.05) is 30.6 Å². The van der Waals surface area contributed by atoms with Crippen molar-refractivity contribution in [3.8, 4) is 0 Å². The SMILES string of the molecule is CCc1nc(N)c(C)c(NCC(C)N(C)C2CC2)n1. The van der Waals surface area contributed by atoms with E-state index in [0.717, 1.165) is 36.2 Å². The number of likely N-dealkylation sites (N-methyl/N-ethyl adjacent to an activating group) is 1. The number of nitrogen functional groups attached to an aromatic ring is 1. The molecule has 0 spiro atoms. The first kappa shape index (κ1) is 14.1. The summed E-state index contributed by atoms with van der Waals surface area (Å²) in [6.07, 6.45) is 3.47. The zero-order chi connectivity index (χ0) is 14.0. The van der Waals surface area contributed by atoms with Crippen LogP contribution in [0.25, 0.3) is 0 Å². The van der Waals surface area contributed by atoms with Gasteiger partial charge in [-0.2, -0.15) is 0 Å². The van der Waals surface area contributed by atoms with Crippen LogP contribution in [0.2, 0.25) is 0 Å². The Morgan fingerprint density at radius 1 is 1.42 bits per heavy atom. The quantitative estimate of drug-likeness (QED) is 0.819. The number of hydrogen-bond acceptors (Lipinski definition) is 5. The van der Waals surface area contributed by atoms with E-state index < -0.39 is 0 Å². The fourth-order valence-corrected chi connectivity index (χ4v) is 2.14. The molecule has 1 aromatic rings. The zero-order valence-corrected chi connectivity index (χ0v) is 12.4. The molecule has 1 aliphatic carbocycles. The standard InChI is InChI=1S/C14H25N5/c1-5-12-17-13(15)10(3)14(18-12)16-8-9(2)19(4)11-6-7-11/h9,11H,5-8H2,1-4H3,(H3,15,16,17,18). The van der Waals surface area contributed by atoms with Crippen LogP contribution in [0.15, 0.2) is 0 Å². The molecule has 0 aromatic carbocycles. The second kappa shape index (κ2) is 5.74. The molecule has 1 unspecified atom stereocenters. The molecular formula is C14H25N5. The van der Waals surface area contributed by atoms with Crippen LogP contribution >= 0.6 is 0 Å². The van der Waals surface area contributed by atoms with Crippen LogP contribution in [0.4, 0.5) is 11.6 Å². The van der Waals surface area contributed by atoms with Crippen LogP contribution in [0.5, 0.6) is 0 Å². The minimum atomic E-state index is 0.494. The molecule has 0 radical (unpaired) electrons. The molecular weight excluding hydrogens is 238 g/mol. The number of nitrogens with two attached hydrogens (primary N) is 1. The fraction of sp³-hybridized carbons (Fsp3) is 0.714. The normalized spacial score (nSPS) is 16.7. The summed E-state index contributed by atoms with van der Waals surface area (Å²) in [6.45, 7) is 7.13. The molecule has 0 bridgehead atoms. The van der Waals surface area contributed by atoms with Gasteiger partial charge < -0.3 is 11.1 Å². The molecule has 0 amide bonds. The summed E-state index contributed by atoms with van der Waals surface area (Å²) in [6, 6.07) is 1.27. The smallest absolute Gasteiger partial charge is 0.134 e. The molecule has 5 heteroatoms. The molecule has 5 nitrogen and oxygen atoms in total. The lowest BCUT2D eigenvalue weighted by Gasteiger charge is -2.25. The van der Waals surface area contributed by atoms with Crippen LogP contribution in [-0.2, 0) is 6.42 Å². The number of nitrogens with zero attached hydrogens (tertiary/aromatic N) is 3. The van der Waals surface area contributed by atoms with Gasteiger partial charge in [-0.15, -0.1) is 0 Å². The average molecular weight is 263 g/mol. The van der Waals surface area contributed by atoms with Crippen molar-refractivity contribution in [2.24, 2.45) is 0 Å². The van der Waals surface area contributed by atoms with E-state index in [2.05, 4.69) is 34.2 Å². The van der Waals surface area contributed by atoms with Crippen molar-refractivity contribution in [3.05, 3.63) is 11.4 Å². The molecule has 1 heterocycles. The highest BCUT2D eigenvalue weighted by Gasteiger charge is 2.29. The Balaban J connectivity index is 2.00. The number of hydrogen-bond donors (Lipinski definition) is 2. The van der Waals surface area contributed by atoms with E-state index in [1.165, 1.54) is 12.8 Å². The molecule has 106 valence electrons. The number of rotatable bonds is 6. The van der Waals surface area contributed by atoms with E-state index in [1.807, 2.05) is 13.8 Å². The first-order valence-electron chi connectivity index (χ1n) is 7.11. The number of aryl methyl sites for hydroxylation is 1. The molecule has 0 saturated heterocycles. The number of anilines is 2. The van der Waals surface area contributed by atoms with Gasteiger partial charge in [0.05, 0.1) is 0 Å². The Kier molecular flexibility index (Phi) is 4.24. The second-order valence-electron chi connectivity index (χ2n) is 5.48. The third-order valence-corrected chi connectivity index (χ3v) is 3.93. The summed E-state index contributed by atoms with van der Waals surface area (Å²) >= 11 is 0. The Hall–Kier alpha value is -1.36. The Morgan fingerprint density at radius 2 is 2.11 bits per heavy atom. The molecule has 19 heavy (non-hydrogen) atoms. The Bertz CT molecular complexity index is 442. The van der Waals surface area contributed by atoms with Gasteiger partial charge in [-0.25, -0.2) is 9.97 Å². The van der Waals surface area contributed by atoms with Gasteiger partial charge in [-0.05, 0) is 33.7 Å². The van der Waals surface area contributed by atoms with Gasteiger partial charge in [0.25, 0.3) is 0 Å². The molecule has 1 aliphatic rings. The Labute approximate surface area is 115 Å². The van der Waals surface area contributed by atoms with Crippen molar-refractivity contribution >= 4 is 11.6 Å². The molecule has 1 aromatic heterocycles. The first-order valence-corrected chi connectivity index (χ1v) is 7.11. The maximum Gasteiger partial charge on any atom is 0.134 e. The van der Waals surface area contributed by atoms with Gasteiger partial charge in [0.15, 0.2) is 0 Å². The van der Waals surface area contributed by atoms with Crippen molar-refractivity contribution in [1.29, 1.82) is 0 Å². The fourth-order valence-electron chi connectivity index (χ4n) is 2.14. The predicted octanol–water partition coefficient (Wildman–Crippen LogP) is 1.82. The minimum Gasteiger partial charge on any atom is -0.383 e. The largest absolute Gasteiger partial charge is 0.383 e. The van der Waals surface area contributed by atoms with Crippen LogP contribution in [0, 0.1) is 6.92 Å². The van der Waals surface area contributed by atoms with Gasteiger partial charge in [0.2, 0.25) is 0 Å². The second-order valence-corrected chi connectivity index (χ2v) is 5.48. The average Bonchev–Trinajstić information content (AvgIpc) is 3.23.